The Kier molecular flexibility index (Phi) is 5.86. The monoisotopic (exact) mass is 239 g/mol. The Hall–Kier alpha value is -1.89. The van der Waals surface area contributed by atoms with E-state index in [2.05, 4.69) is 44.0 Å². The van der Waals surface area contributed by atoms with Gasteiger partial charge in [0.1, 0.15) is 0 Å². The van der Waals surface area contributed by atoms with Crippen molar-refractivity contribution in [3.8, 4) is 0 Å². The van der Waals surface area contributed by atoms with Crippen LogP contribution < -0.4 is 0 Å². The SMILES string of the molecule is CC(C)(C)N=C/C=C/C=C/C=C/c1ccccc1. The number of aliphatic imine (C=N–C) groups is 1. The molecule has 0 bridgehead atoms. The summed E-state index contributed by atoms with van der Waals surface area (Å²) in [7, 11) is 0. The van der Waals surface area contributed by atoms with Crippen LogP contribution in [-0.2, 0) is 0 Å². The highest BCUT2D eigenvalue weighted by Gasteiger charge is 2.02. The van der Waals surface area contributed by atoms with Crippen LogP contribution in [0.4, 0.5) is 0 Å². The quantitative estimate of drug-likeness (QED) is 0.534. The lowest BCUT2D eigenvalue weighted by molar-refractivity contribution is 0.587. The van der Waals surface area contributed by atoms with Gasteiger partial charge in [0.15, 0.2) is 0 Å². The molecule has 0 amide bonds. The van der Waals surface area contributed by atoms with Gasteiger partial charge in [-0.1, -0.05) is 60.7 Å². The summed E-state index contributed by atoms with van der Waals surface area (Å²) in [6.45, 7) is 6.24. The van der Waals surface area contributed by atoms with Crippen LogP contribution in [0.3, 0.4) is 0 Å². The Morgan fingerprint density at radius 1 is 0.833 bits per heavy atom. The van der Waals surface area contributed by atoms with Crippen molar-refractivity contribution in [2.45, 2.75) is 26.3 Å². The fourth-order valence-electron chi connectivity index (χ4n) is 1.24. The first kappa shape index (κ1) is 14.2. The first-order chi connectivity index (χ1) is 8.58. The van der Waals surface area contributed by atoms with Crippen molar-refractivity contribution in [3.63, 3.8) is 0 Å². The van der Waals surface area contributed by atoms with E-state index in [1.807, 2.05) is 54.8 Å². The predicted octanol–water partition coefficient (Wildman–Crippen LogP) is 4.68. The molecule has 0 saturated heterocycles. The van der Waals surface area contributed by atoms with Gasteiger partial charge < -0.3 is 0 Å². The zero-order valence-corrected chi connectivity index (χ0v) is 11.4. The van der Waals surface area contributed by atoms with Gasteiger partial charge in [-0.05, 0) is 32.4 Å². The summed E-state index contributed by atoms with van der Waals surface area (Å²) in [5.74, 6) is 0. The fourth-order valence-corrected chi connectivity index (χ4v) is 1.24. The Morgan fingerprint density at radius 2 is 1.44 bits per heavy atom. The third-order valence-corrected chi connectivity index (χ3v) is 2.08. The molecule has 0 saturated carbocycles. The second-order valence-electron chi connectivity index (χ2n) is 4.99. The average Bonchev–Trinajstić information content (AvgIpc) is 2.32. The summed E-state index contributed by atoms with van der Waals surface area (Å²) in [5.41, 5.74) is 1.21. The average molecular weight is 239 g/mol. The largest absolute Gasteiger partial charge is 0.287 e. The van der Waals surface area contributed by atoms with Gasteiger partial charge in [-0.25, -0.2) is 0 Å². The van der Waals surface area contributed by atoms with Crippen LogP contribution in [-0.4, -0.2) is 11.8 Å². The van der Waals surface area contributed by atoms with Crippen LogP contribution >= 0.6 is 0 Å². The normalized spacial score (nSPS) is 13.5. The van der Waals surface area contributed by atoms with E-state index in [0.717, 1.165) is 0 Å². The summed E-state index contributed by atoms with van der Waals surface area (Å²) in [6.07, 6.45) is 13.9. The van der Waals surface area contributed by atoms with E-state index in [4.69, 9.17) is 0 Å². The first-order valence-electron chi connectivity index (χ1n) is 6.18. The smallest absolute Gasteiger partial charge is 0.0524 e. The van der Waals surface area contributed by atoms with E-state index in [-0.39, 0.29) is 5.54 Å². The Balaban J connectivity index is 2.36. The third-order valence-electron chi connectivity index (χ3n) is 2.08. The molecule has 94 valence electrons. The number of hydrogen-bond donors (Lipinski definition) is 0. The second-order valence-corrected chi connectivity index (χ2v) is 4.99. The molecule has 0 aliphatic heterocycles. The molecule has 0 aliphatic carbocycles. The molecule has 0 N–H and O–H groups in total. The molecule has 0 aromatic heterocycles. The Bertz CT molecular complexity index is 442. The van der Waals surface area contributed by atoms with Crippen molar-refractivity contribution in [1.29, 1.82) is 0 Å². The molecular weight excluding hydrogens is 218 g/mol. The molecule has 0 fully saturated rings. The Labute approximate surface area is 110 Å². The van der Waals surface area contributed by atoms with E-state index < -0.39 is 0 Å². The predicted molar refractivity (Wildman–Crippen MR) is 82.0 cm³/mol. The van der Waals surface area contributed by atoms with E-state index >= 15 is 0 Å². The van der Waals surface area contributed by atoms with Crippen LogP contribution in [0.2, 0.25) is 0 Å². The van der Waals surface area contributed by atoms with Gasteiger partial charge in [-0.3, -0.25) is 4.99 Å². The number of hydrogen-bond acceptors (Lipinski definition) is 1. The molecule has 1 aromatic carbocycles. The van der Waals surface area contributed by atoms with Crippen LogP contribution in [0, 0.1) is 0 Å². The molecule has 0 radical (unpaired) electrons. The van der Waals surface area contributed by atoms with Gasteiger partial charge in [0.05, 0.1) is 5.54 Å². The van der Waals surface area contributed by atoms with E-state index in [0.29, 0.717) is 0 Å². The van der Waals surface area contributed by atoms with Gasteiger partial charge in [0, 0.05) is 6.21 Å². The van der Waals surface area contributed by atoms with Crippen molar-refractivity contribution in [2.75, 3.05) is 0 Å². The molecule has 0 heterocycles. The minimum absolute atomic E-state index is 0.00126. The van der Waals surface area contributed by atoms with E-state index in [1.165, 1.54) is 5.56 Å². The lowest BCUT2D eigenvalue weighted by atomic mass is 10.1. The number of nitrogens with zero attached hydrogens (tertiary/aromatic N) is 1. The molecule has 1 aromatic rings. The van der Waals surface area contributed by atoms with Gasteiger partial charge in [-0.2, -0.15) is 0 Å². The molecule has 0 unspecified atom stereocenters. The molecule has 0 aliphatic rings. The Morgan fingerprint density at radius 3 is 2.11 bits per heavy atom. The number of rotatable bonds is 4. The number of allylic oxidation sites excluding steroid dienone is 5. The standard InChI is InChI=1S/C17H21N/c1-17(2,3)18-15-11-6-4-5-8-12-16-13-9-7-10-14-16/h4-15H,1-3H3/b5-4+,11-6+,12-8+,18-15?. The van der Waals surface area contributed by atoms with Crippen molar-refractivity contribution < 1.29 is 0 Å². The lowest BCUT2D eigenvalue weighted by Gasteiger charge is -2.09. The highest BCUT2D eigenvalue weighted by atomic mass is 14.8. The lowest BCUT2D eigenvalue weighted by Crippen LogP contribution is -2.08. The zero-order valence-electron chi connectivity index (χ0n) is 11.4. The summed E-state index contributed by atoms with van der Waals surface area (Å²) in [4.78, 5) is 4.36. The molecular formula is C17H21N. The van der Waals surface area contributed by atoms with Gasteiger partial charge in [-0.15, -0.1) is 0 Å². The summed E-state index contributed by atoms with van der Waals surface area (Å²) < 4.78 is 0. The molecule has 1 heteroatoms. The molecule has 0 atom stereocenters. The minimum atomic E-state index is 0.00126. The van der Waals surface area contributed by atoms with Crippen molar-refractivity contribution >= 4 is 12.3 Å². The number of benzene rings is 1. The molecule has 18 heavy (non-hydrogen) atoms. The van der Waals surface area contributed by atoms with Crippen molar-refractivity contribution in [3.05, 3.63) is 66.3 Å². The maximum atomic E-state index is 4.36. The second kappa shape index (κ2) is 7.44. The van der Waals surface area contributed by atoms with Crippen molar-refractivity contribution in [2.24, 2.45) is 4.99 Å². The van der Waals surface area contributed by atoms with E-state index in [1.54, 1.807) is 0 Å². The molecule has 0 spiro atoms. The van der Waals surface area contributed by atoms with Gasteiger partial charge in [0.25, 0.3) is 0 Å². The molecule has 1 nitrogen and oxygen atoms in total. The van der Waals surface area contributed by atoms with E-state index in [9.17, 15) is 0 Å². The van der Waals surface area contributed by atoms with Crippen LogP contribution in [0.5, 0.6) is 0 Å². The highest BCUT2D eigenvalue weighted by Crippen LogP contribution is 2.04. The fraction of sp³-hybridized carbons (Fsp3) is 0.235. The van der Waals surface area contributed by atoms with Gasteiger partial charge >= 0.3 is 0 Å². The van der Waals surface area contributed by atoms with Crippen LogP contribution in [0.15, 0.2) is 65.7 Å². The minimum Gasteiger partial charge on any atom is -0.287 e. The highest BCUT2D eigenvalue weighted by molar-refractivity contribution is 5.71. The maximum absolute atomic E-state index is 4.36. The molecule has 1 rings (SSSR count). The third kappa shape index (κ3) is 7.39. The van der Waals surface area contributed by atoms with Crippen LogP contribution in [0.25, 0.3) is 6.08 Å². The summed E-state index contributed by atoms with van der Waals surface area (Å²) in [5, 5.41) is 0. The maximum Gasteiger partial charge on any atom is 0.0524 e. The van der Waals surface area contributed by atoms with Crippen molar-refractivity contribution in [1.82, 2.24) is 0 Å². The van der Waals surface area contributed by atoms with Crippen LogP contribution in [0.1, 0.15) is 26.3 Å². The first-order valence-corrected chi connectivity index (χ1v) is 6.18. The van der Waals surface area contributed by atoms with Gasteiger partial charge in [0.2, 0.25) is 0 Å². The topological polar surface area (TPSA) is 12.4 Å². The summed E-state index contributed by atoms with van der Waals surface area (Å²) >= 11 is 0. The zero-order chi connectivity index (χ0) is 13.3. The summed E-state index contributed by atoms with van der Waals surface area (Å²) in [6, 6.07) is 10.2.